The first-order chi connectivity index (χ1) is 4.61. The number of hydrogen-bond donors (Lipinski definition) is 1. The molecule has 0 radical (unpaired) electrons. The molecular formula is C8H14O2. The van der Waals surface area contributed by atoms with Gasteiger partial charge in [-0.1, -0.05) is 13.8 Å². The van der Waals surface area contributed by atoms with Gasteiger partial charge in [-0.05, 0) is 12.8 Å². The van der Waals surface area contributed by atoms with Gasteiger partial charge < -0.3 is 5.11 Å². The summed E-state index contributed by atoms with van der Waals surface area (Å²) in [6, 6.07) is 0. The molecule has 1 N–H and O–H groups in total. The molecule has 0 aliphatic heterocycles. The molecule has 0 aromatic rings. The zero-order chi connectivity index (χ0) is 7.78. The van der Waals surface area contributed by atoms with Crippen molar-refractivity contribution in [3.05, 3.63) is 0 Å². The highest BCUT2D eigenvalue weighted by molar-refractivity contribution is 5.87. The average Bonchev–Trinajstić information content (AvgIpc) is 2.18. The standard InChI is InChI=1S/C8H14O2/c1-3-8(2)6(9)4-5-7(8)10/h6,9H,3-5H2,1-2H3/t6?,8-/m1/s1. The third kappa shape index (κ3) is 0.870. The fourth-order valence-electron chi connectivity index (χ4n) is 1.49. The van der Waals surface area contributed by atoms with E-state index in [1.165, 1.54) is 0 Å². The van der Waals surface area contributed by atoms with Crippen LogP contribution in [0.15, 0.2) is 0 Å². The summed E-state index contributed by atoms with van der Waals surface area (Å²) in [6.07, 6.45) is 1.58. The van der Waals surface area contributed by atoms with Crippen molar-refractivity contribution in [2.45, 2.75) is 39.2 Å². The van der Waals surface area contributed by atoms with Gasteiger partial charge in [0.25, 0.3) is 0 Å². The van der Waals surface area contributed by atoms with Crippen LogP contribution in [0.5, 0.6) is 0 Å². The highest BCUT2D eigenvalue weighted by Gasteiger charge is 2.43. The van der Waals surface area contributed by atoms with E-state index < -0.39 is 11.5 Å². The molecule has 2 atom stereocenters. The molecule has 58 valence electrons. The van der Waals surface area contributed by atoms with E-state index in [0.717, 1.165) is 6.42 Å². The Balaban J connectivity index is 2.80. The van der Waals surface area contributed by atoms with Gasteiger partial charge >= 0.3 is 0 Å². The van der Waals surface area contributed by atoms with Crippen LogP contribution in [0, 0.1) is 5.41 Å². The van der Waals surface area contributed by atoms with Gasteiger partial charge in [-0.15, -0.1) is 0 Å². The summed E-state index contributed by atoms with van der Waals surface area (Å²) < 4.78 is 0. The van der Waals surface area contributed by atoms with Gasteiger partial charge in [-0.2, -0.15) is 0 Å². The predicted molar refractivity (Wildman–Crippen MR) is 38.6 cm³/mol. The number of Topliss-reactive ketones (excluding diaryl/α,β-unsaturated/α-hetero) is 1. The summed E-state index contributed by atoms with van der Waals surface area (Å²) in [4.78, 5) is 11.2. The van der Waals surface area contributed by atoms with Gasteiger partial charge in [0, 0.05) is 6.42 Å². The molecule has 1 rings (SSSR count). The largest absolute Gasteiger partial charge is 0.392 e. The van der Waals surface area contributed by atoms with Crippen LogP contribution in [-0.4, -0.2) is 17.0 Å². The summed E-state index contributed by atoms with van der Waals surface area (Å²) >= 11 is 0. The Morgan fingerprint density at radius 3 is 2.60 bits per heavy atom. The van der Waals surface area contributed by atoms with Crippen molar-refractivity contribution >= 4 is 5.78 Å². The molecule has 1 saturated carbocycles. The van der Waals surface area contributed by atoms with Crippen molar-refractivity contribution in [3.8, 4) is 0 Å². The summed E-state index contributed by atoms with van der Waals surface area (Å²) in [5, 5.41) is 9.40. The number of aliphatic hydroxyl groups is 1. The van der Waals surface area contributed by atoms with Crippen LogP contribution in [0.2, 0.25) is 0 Å². The van der Waals surface area contributed by atoms with E-state index in [2.05, 4.69) is 0 Å². The monoisotopic (exact) mass is 142 g/mol. The maximum Gasteiger partial charge on any atom is 0.141 e. The van der Waals surface area contributed by atoms with Gasteiger partial charge in [0.15, 0.2) is 0 Å². The van der Waals surface area contributed by atoms with E-state index in [1.54, 1.807) is 0 Å². The van der Waals surface area contributed by atoms with Crippen LogP contribution >= 0.6 is 0 Å². The zero-order valence-corrected chi connectivity index (χ0v) is 6.55. The Bertz CT molecular complexity index is 153. The molecule has 0 aromatic carbocycles. The van der Waals surface area contributed by atoms with Crippen LogP contribution in [0.4, 0.5) is 0 Å². The highest BCUT2D eigenvalue weighted by atomic mass is 16.3. The fourth-order valence-corrected chi connectivity index (χ4v) is 1.49. The van der Waals surface area contributed by atoms with Gasteiger partial charge in [-0.3, -0.25) is 4.79 Å². The number of aliphatic hydroxyl groups excluding tert-OH is 1. The Labute approximate surface area is 61.2 Å². The molecule has 1 unspecified atom stereocenters. The van der Waals surface area contributed by atoms with E-state index in [9.17, 15) is 9.90 Å². The summed E-state index contributed by atoms with van der Waals surface area (Å²) in [7, 11) is 0. The third-order valence-corrected chi connectivity index (χ3v) is 2.75. The summed E-state index contributed by atoms with van der Waals surface area (Å²) in [6.45, 7) is 3.80. The van der Waals surface area contributed by atoms with Crippen LogP contribution in [0.1, 0.15) is 33.1 Å². The number of ketones is 1. The highest BCUT2D eigenvalue weighted by Crippen LogP contribution is 2.37. The normalized spacial score (nSPS) is 40.7. The maximum atomic E-state index is 11.2. The lowest BCUT2D eigenvalue weighted by molar-refractivity contribution is -0.128. The minimum atomic E-state index is -0.431. The van der Waals surface area contributed by atoms with Crippen LogP contribution in [0.3, 0.4) is 0 Å². The Hall–Kier alpha value is -0.370. The first kappa shape index (κ1) is 7.73. The summed E-state index contributed by atoms with van der Waals surface area (Å²) in [5.74, 6) is 0.225. The second-order valence-corrected chi connectivity index (χ2v) is 3.25. The van der Waals surface area contributed by atoms with Gasteiger partial charge in [0.05, 0.1) is 11.5 Å². The third-order valence-electron chi connectivity index (χ3n) is 2.75. The number of carbonyl (C=O) groups is 1. The van der Waals surface area contributed by atoms with Gasteiger partial charge in [0.2, 0.25) is 0 Å². The topological polar surface area (TPSA) is 37.3 Å². The van der Waals surface area contributed by atoms with Crippen molar-refractivity contribution in [3.63, 3.8) is 0 Å². The molecular weight excluding hydrogens is 128 g/mol. The predicted octanol–water partition coefficient (Wildman–Crippen LogP) is 1.13. The van der Waals surface area contributed by atoms with Crippen molar-refractivity contribution in [1.82, 2.24) is 0 Å². The van der Waals surface area contributed by atoms with Crippen molar-refractivity contribution in [1.29, 1.82) is 0 Å². The number of rotatable bonds is 1. The smallest absolute Gasteiger partial charge is 0.141 e. The van der Waals surface area contributed by atoms with E-state index in [0.29, 0.717) is 12.8 Å². The Morgan fingerprint density at radius 2 is 2.40 bits per heavy atom. The van der Waals surface area contributed by atoms with E-state index in [-0.39, 0.29) is 5.78 Å². The van der Waals surface area contributed by atoms with E-state index in [1.807, 2.05) is 13.8 Å². The quantitative estimate of drug-likeness (QED) is 0.595. The van der Waals surface area contributed by atoms with Gasteiger partial charge in [-0.25, -0.2) is 0 Å². The Morgan fingerprint density at radius 1 is 1.80 bits per heavy atom. The zero-order valence-electron chi connectivity index (χ0n) is 6.55. The fraction of sp³-hybridized carbons (Fsp3) is 0.875. The second-order valence-electron chi connectivity index (χ2n) is 3.25. The van der Waals surface area contributed by atoms with Crippen molar-refractivity contribution < 1.29 is 9.90 Å². The second kappa shape index (κ2) is 2.35. The molecule has 0 heterocycles. The molecule has 10 heavy (non-hydrogen) atoms. The molecule has 2 nitrogen and oxygen atoms in total. The molecule has 0 saturated heterocycles. The average molecular weight is 142 g/mol. The van der Waals surface area contributed by atoms with Crippen LogP contribution in [-0.2, 0) is 4.79 Å². The molecule has 0 amide bonds. The maximum absolute atomic E-state index is 11.2. The SMILES string of the molecule is CC[C@@]1(C)C(=O)CCC1O. The minimum absolute atomic E-state index is 0.225. The molecule has 1 fully saturated rings. The minimum Gasteiger partial charge on any atom is -0.392 e. The summed E-state index contributed by atoms with van der Waals surface area (Å²) in [5.41, 5.74) is -0.431. The molecule has 0 bridgehead atoms. The first-order valence-corrected chi connectivity index (χ1v) is 3.82. The molecule has 1 aliphatic carbocycles. The Kier molecular flexibility index (Phi) is 1.82. The van der Waals surface area contributed by atoms with E-state index in [4.69, 9.17) is 0 Å². The first-order valence-electron chi connectivity index (χ1n) is 3.82. The molecule has 2 heteroatoms. The van der Waals surface area contributed by atoms with Crippen molar-refractivity contribution in [2.24, 2.45) is 5.41 Å². The molecule has 0 aromatic heterocycles. The molecule has 1 aliphatic rings. The number of hydrogen-bond acceptors (Lipinski definition) is 2. The lowest BCUT2D eigenvalue weighted by atomic mass is 9.83. The van der Waals surface area contributed by atoms with Crippen molar-refractivity contribution in [2.75, 3.05) is 0 Å². The number of carbonyl (C=O) groups excluding carboxylic acids is 1. The van der Waals surface area contributed by atoms with Crippen LogP contribution < -0.4 is 0 Å². The van der Waals surface area contributed by atoms with E-state index >= 15 is 0 Å². The molecule has 0 spiro atoms. The lowest BCUT2D eigenvalue weighted by Gasteiger charge is -2.23. The van der Waals surface area contributed by atoms with Crippen LogP contribution in [0.25, 0.3) is 0 Å². The van der Waals surface area contributed by atoms with Gasteiger partial charge in [0.1, 0.15) is 5.78 Å². The lowest BCUT2D eigenvalue weighted by Crippen LogP contribution is -2.31.